The number of hydrogen-bond acceptors (Lipinski definition) is 2. The summed E-state index contributed by atoms with van der Waals surface area (Å²) in [6.45, 7) is 19.5. The molecule has 0 heterocycles. The Morgan fingerprint density at radius 2 is 1.06 bits per heavy atom. The highest BCUT2D eigenvalue weighted by Gasteiger charge is 2.04. The van der Waals surface area contributed by atoms with Gasteiger partial charge in [-0.2, -0.15) is 0 Å². The highest BCUT2D eigenvalue weighted by molar-refractivity contribution is 9.08. The average Bonchev–Trinajstić information content (AvgIpc) is 2.88. The highest BCUT2D eigenvalue weighted by Crippen LogP contribution is 2.17. The molecule has 2 rings (SSSR count). The minimum absolute atomic E-state index is 0.354. The zero-order valence-electron chi connectivity index (χ0n) is 23.8. The lowest BCUT2D eigenvalue weighted by molar-refractivity contribution is 0.0843. The third-order valence-corrected chi connectivity index (χ3v) is 7.28. The zero-order valence-corrected chi connectivity index (χ0v) is 25.4. The van der Waals surface area contributed by atoms with Gasteiger partial charge in [-0.1, -0.05) is 146 Å². The molecular formula is C32H53BrO2. The van der Waals surface area contributed by atoms with Crippen LogP contribution < -0.4 is 0 Å². The molecule has 0 amide bonds. The lowest BCUT2D eigenvalue weighted by Gasteiger charge is -2.13. The predicted molar refractivity (Wildman–Crippen MR) is 159 cm³/mol. The van der Waals surface area contributed by atoms with Gasteiger partial charge in [-0.25, -0.2) is 0 Å². The summed E-state index contributed by atoms with van der Waals surface area (Å²) in [7, 11) is 0. The number of aliphatic hydroxyl groups excluding tert-OH is 1. The monoisotopic (exact) mass is 548 g/mol. The third kappa shape index (κ3) is 15.5. The Morgan fingerprint density at radius 3 is 1.34 bits per heavy atom. The van der Waals surface area contributed by atoms with E-state index in [1.54, 1.807) is 0 Å². The van der Waals surface area contributed by atoms with Crippen molar-refractivity contribution in [2.75, 3.05) is 13.2 Å². The van der Waals surface area contributed by atoms with E-state index in [0.717, 1.165) is 31.4 Å². The number of halogens is 1. The Kier molecular flexibility index (Phi) is 20.3. The zero-order chi connectivity index (χ0) is 26.6. The van der Waals surface area contributed by atoms with Crippen LogP contribution in [0.15, 0.2) is 48.5 Å². The van der Waals surface area contributed by atoms with Crippen molar-refractivity contribution in [3.05, 3.63) is 70.8 Å². The summed E-state index contributed by atoms with van der Waals surface area (Å²) in [6, 6.07) is 17.5. The van der Waals surface area contributed by atoms with Gasteiger partial charge < -0.3 is 9.84 Å². The molecule has 0 saturated heterocycles. The smallest absolute Gasteiger partial charge is 0.0717 e. The molecule has 2 aromatic rings. The number of rotatable bonds is 12. The molecule has 0 aliphatic rings. The summed E-state index contributed by atoms with van der Waals surface area (Å²) in [5, 5.41) is 9.48. The van der Waals surface area contributed by atoms with Crippen LogP contribution in [0.3, 0.4) is 0 Å². The Morgan fingerprint density at radius 1 is 0.657 bits per heavy atom. The van der Waals surface area contributed by atoms with E-state index in [-0.39, 0.29) is 0 Å². The van der Waals surface area contributed by atoms with Gasteiger partial charge in [0, 0.05) is 18.5 Å². The molecule has 0 saturated carbocycles. The summed E-state index contributed by atoms with van der Waals surface area (Å²) in [5.74, 6) is 2.50. The first-order valence-electron chi connectivity index (χ1n) is 13.7. The van der Waals surface area contributed by atoms with Crippen molar-refractivity contribution >= 4 is 15.9 Å². The number of aliphatic hydroxyl groups is 1. The van der Waals surface area contributed by atoms with Crippen LogP contribution in [0.25, 0.3) is 0 Å². The van der Waals surface area contributed by atoms with Crippen LogP contribution in [-0.2, 0) is 16.7 Å². The average molecular weight is 550 g/mol. The maximum absolute atomic E-state index is 8.53. The topological polar surface area (TPSA) is 29.5 Å². The van der Waals surface area contributed by atoms with Crippen LogP contribution in [0.4, 0.5) is 0 Å². The molecule has 200 valence electrons. The summed E-state index contributed by atoms with van der Waals surface area (Å²) in [5.41, 5.74) is 5.43. The van der Waals surface area contributed by atoms with E-state index in [9.17, 15) is 0 Å². The Labute approximate surface area is 226 Å². The molecule has 2 aromatic carbocycles. The Balaban J connectivity index is 0.000000550. The summed E-state index contributed by atoms with van der Waals surface area (Å²) >= 11 is 3.42. The first-order chi connectivity index (χ1) is 16.8. The second-order valence-corrected chi connectivity index (χ2v) is 10.5. The molecule has 1 N–H and O–H groups in total. The minimum atomic E-state index is 0.354. The molecule has 0 unspecified atom stereocenters. The van der Waals surface area contributed by atoms with Crippen molar-refractivity contribution in [1.29, 1.82) is 0 Å². The van der Waals surface area contributed by atoms with Crippen LogP contribution in [0.2, 0.25) is 0 Å². The van der Waals surface area contributed by atoms with Crippen LogP contribution in [-0.4, -0.2) is 18.3 Å². The van der Waals surface area contributed by atoms with Gasteiger partial charge in [0.25, 0.3) is 0 Å². The lowest BCUT2D eigenvalue weighted by Crippen LogP contribution is -2.07. The molecule has 3 heteroatoms. The first kappa shape index (κ1) is 33.8. The van der Waals surface area contributed by atoms with Crippen molar-refractivity contribution in [3.63, 3.8) is 0 Å². The normalized spacial score (nSPS) is 10.9. The fraction of sp³-hybridized carbons (Fsp3) is 0.625. The van der Waals surface area contributed by atoms with Gasteiger partial charge in [0.1, 0.15) is 0 Å². The van der Waals surface area contributed by atoms with E-state index in [1.807, 2.05) is 0 Å². The second-order valence-electron chi connectivity index (χ2n) is 9.99. The SMILES string of the molecule is CC(C)c1ccc(CBr)cc1.CCC(CC)CO.CCC(CC)COCc1ccc(C(C)C)cc1. The summed E-state index contributed by atoms with van der Waals surface area (Å²) in [6.07, 6.45) is 4.63. The largest absolute Gasteiger partial charge is 0.396 e. The lowest BCUT2D eigenvalue weighted by atomic mass is 10.0. The fourth-order valence-electron chi connectivity index (χ4n) is 3.41. The van der Waals surface area contributed by atoms with Gasteiger partial charge in [0.2, 0.25) is 0 Å². The van der Waals surface area contributed by atoms with E-state index in [4.69, 9.17) is 9.84 Å². The molecule has 0 spiro atoms. The van der Waals surface area contributed by atoms with Gasteiger partial charge in [-0.05, 0) is 45.9 Å². The summed E-state index contributed by atoms with van der Waals surface area (Å²) in [4.78, 5) is 0. The molecule has 0 aromatic heterocycles. The second kappa shape index (κ2) is 21.0. The van der Waals surface area contributed by atoms with Gasteiger partial charge >= 0.3 is 0 Å². The molecule has 0 bridgehead atoms. The molecule has 0 radical (unpaired) electrons. The molecule has 0 fully saturated rings. The molecule has 0 atom stereocenters. The van der Waals surface area contributed by atoms with Crippen LogP contribution >= 0.6 is 15.9 Å². The van der Waals surface area contributed by atoms with E-state index >= 15 is 0 Å². The van der Waals surface area contributed by atoms with Crippen molar-refractivity contribution in [2.45, 2.75) is 105 Å². The minimum Gasteiger partial charge on any atom is -0.396 e. The Bertz CT molecular complexity index is 709. The number of ether oxygens (including phenoxy) is 1. The van der Waals surface area contributed by atoms with E-state index in [2.05, 4.69) is 120 Å². The van der Waals surface area contributed by atoms with Gasteiger partial charge in [-0.15, -0.1) is 0 Å². The van der Waals surface area contributed by atoms with Gasteiger partial charge in [0.05, 0.1) is 6.61 Å². The van der Waals surface area contributed by atoms with Crippen LogP contribution in [0, 0.1) is 11.8 Å². The maximum atomic E-state index is 8.53. The molecule has 0 aliphatic heterocycles. The number of benzene rings is 2. The van der Waals surface area contributed by atoms with Crippen molar-refractivity contribution in [3.8, 4) is 0 Å². The van der Waals surface area contributed by atoms with Crippen molar-refractivity contribution < 1.29 is 9.84 Å². The predicted octanol–water partition coefficient (Wildman–Crippen LogP) is 9.88. The van der Waals surface area contributed by atoms with Crippen molar-refractivity contribution in [2.24, 2.45) is 11.8 Å². The Hall–Kier alpha value is -1.16. The van der Waals surface area contributed by atoms with E-state index in [1.165, 1.54) is 35.1 Å². The highest BCUT2D eigenvalue weighted by atomic mass is 79.9. The maximum Gasteiger partial charge on any atom is 0.0717 e. The van der Waals surface area contributed by atoms with Crippen molar-refractivity contribution in [1.82, 2.24) is 0 Å². The van der Waals surface area contributed by atoms with Gasteiger partial charge in [-0.3, -0.25) is 0 Å². The molecule has 0 aliphatic carbocycles. The third-order valence-electron chi connectivity index (χ3n) is 6.64. The van der Waals surface area contributed by atoms with Gasteiger partial charge in [0.15, 0.2) is 0 Å². The summed E-state index contributed by atoms with van der Waals surface area (Å²) < 4.78 is 5.76. The number of alkyl halides is 1. The quantitative estimate of drug-likeness (QED) is 0.267. The molecule has 2 nitrogen and oxygen atoms in total. The van der Waals surface area contributed by atoms with Crippen LogP contribution in [0.1, 0.15) is 115 Å². The van der Waals surface area contributed by atoms with E-state index in [0.29, 0.717) is 30.3 Å². The molecular weight excluding hydrogens is 496 g/mol. The standard InChI is InChI=1S/C16H26O.C10H13Br.C6H14O/c1-5-14(6-2)11-17-12-15-7-9-16(10-8-15)13(3)4;1-8(2)10-5-3-9(7-11)4-6-10;1-3-6(4-2)5-7/h7-10,13-14H,5-6,11-12H2,1-4H3;3-6,8H,7H2,1-2H3;6-7H,3-5H2,1-2H3. The first-order valence-corrected chi connectivity index (χ1v) is 14.8. The number of hydrogen-bond donors (Lipinski definition) is 1. The molecule has 35 heavy (non-hydrogen) atoms. The van der Waals surface area contributed by atoms with Crippen LogP contribution in [0.5, 0.6) is 0 Å². The fourth-order valence-corrected chi connectivity index (χ4v) is 3.78. The van der Waals surface area contributed by atoms with E-state index < -0.39 is 0 Å².